The normalized spacial score (nSPS) is 16.6. The van der Waals surface area contributed by atoms with Gasteiger partial charge in [-0.1, -0.05) is 19.1 Å². The lowest BCUT2D eigenvalue weighted by Gasteiger charge is -2.26. The molecule has 1 aromatic carbocycles. The van der Waals surface area contributed by atoms with Crippen LogP contribution >= 0.6 is 0 Å². The van der Waals surface area contributed by atoms with E-state index in [1.165, 1.54) is 0 Å². The fourth-order valence-electron chi connectivity index (χ4n) is 2.36. The van der Waals surface area contributed by atoms with Gasteiger partial charge >= 0.3 is 0 Å². The lowest BCUT2D eigenvalue weighted by Crippen LogP contribution is -2.25. The van der Waals surface area contributed by atoms with E-state index in [1.807, 2.05) is 38.1 Å². The molecule has 6 nitrogen and oxygen atoms in total. The van der Waals surface area contributed by atoms with Crippen LogP contribution in [-0.2, 0) is 6.42 Å². The second kappa shape index (κ2) is 5.57. The van der Waals surface area contributed by atoms with E-state index in [0.717, 1.165) is 23.4 Å². The lowest BCUT2D eigenvalue weighted by atomic mass is 10.1. The van der Waals surface area contributed by atoms with Crippen molar-refractivity contribution in [2.45, 2.75) is 26.4 Å². The highest BCUT2D eigenvalue weighted by Crippen LogP contribution is 2.35. The van der Waals surface area contributed by atoms with Crippen LogP contribution in [0.5, 0.6) is 11.5 Å². The van der Waals surface area contributed by atoms with Gasteiger partial charge in [0.1, 0.15) is 12.4 Å². The smallest absolute Gasteiger partial charge is 0.192 e. The van der Waals surface area contributed by atoms with E-state index >= 15 is 0 Å². The molecule has 0 amide bonds. The van der Waals surface area contributed by atoms with Crippen LogP contribution in [0.3, 0.4) is 0 Å². The molecule has 1 aromatic heterocycles. The Labute approximate surface area is 123 Å². The minimum Gasteiger partial charge on any atom is -0.485 e. The predicted octanol–water partition coefficient (Wildman–Crippen LogP) is 2.15. The van der Waals surface area contributed by atoms with Gasteiger partial charge in [-0.05, 0) is 25.5 Å². The van der Waals surface area contributed by atoms with Crippen LogP contribution in [0.15, 0.2) is 24.3 Å². The van der Waals surface area contributed by atoms with Crippen LogP contribution in [0.4, 0.5) is 5.82 Å². The zero-order chi connectivity index (χ0) is 14.8. The third kappa shape index (κ3) is 2.50. The fourth-order valence-corrected chi connectivity index (χ4v) is 2.36. The maximum atomic E-state index is 5.94. The van der Waals surface area contributed by atoms with Gasteiger partial charge in [0.2, 0.25) is 0 Å². The number of anilines is 1. The number of nitrogens with zero attached hydrogens (tertiary/aromatic N) is 2. The van der Waals surface area contributed by atoms with Crippen molar-refractivity contribution in [3.63, 3.8) is 0 Å². The first-order chi connectivity index (χ1) is 10.2. The number of benzene rings is 1. The topological polar surface area (TPSA) is 82.3 Å². The van der Waals surface area contributed by atoms with E-state index in [4.69, 9.17) is 15.3 Å². The van der Waals surface area contributed by atoms with Crippen LogP contribution in [0.1, 0.15) is 30.1 Å². The highest BCUT2D eigenvalue weighted by molar-refractivity contribution is 5.45. The van der Waals surface area contributed by atoms with E-state index in [2.05, 4.69) is 15.4 Å². The molecule has 0 spiro atoms. The van der Waals surface area contributed by atoms with E-state index in [1.54, 1.807) is 0 Å². The van der Waals surface area contributed by atoms with Crippen molar-refractivity contribution >= 4 is 5.82 Å². The molecule has 0 saturated carbocycles. The van der Waals surface area contributed by atoms with Crippen molar-refractivity contribution in [2.24, 2.45) is 5.84 Å². The summed E-state index contributed by atoms with van der Waals surface area (Å²) in [6.45, 7) is 4.38. The van der Waals surface area contributed by atoms with E-state index in [9.17, 15) is 0 Å². The lowest BCUT2D eigenvalue weighted by molar-refractivity contribution is 0.0850. The molecular weight excluding hydrogens is 268 g/mol. The van der Waals surface area contributed by atoms with Crippen LogP contribution in [-0.4, -0.2) is 16.6 Å². The Bertz CT molecular complexity index is 635. The Morgan fingerprint density at radius 3 is 2.76 bits per heavy atom. The molecule has 2 aromatic rings. The second-order valence-corrected chi connectivity index (χ2v) is 4.86. The van der Waals surface area contributed by atoms with Gasteiger partial charge in [-0.15, -0.1) is 0 Å². The Hall–Kier alpha value is -2.34. The maximum absolute atomic E-state index is 5.94. The summed E-state index contributed by atoms with van der Waals surface area (Å²) in [4.78, 5) is 9.03. The molecule has 0 bridgehead atoms. The number of aryl methyl sites for hydroxylation is 1. The summed E-state index contributed by atoms with van der Waals surface area (Å²) in [5.41, 5.74) is 4.53. The molecule has 6 heteroatoms. The van der Waals surface area contributed by atoms with Gasteiger partial charge in [0.15, 0.2) is 23.4 Å². The monoisotopic (exact) mass is 286 g/mol. The molecule has 0 radical (unpaired) electrons. The summed E-state index contributed by atoms with van der Waals surface area (Å²) in [6, 6.07) is 7.58. The van der Waals surface area contributed by atoms with Crippen LogP contribution in [0.25, 0.3) is 0 Å². The number of nitrogen functional groups attached to an aromatic ring is 1. The average molecular weight is 286 g/mol. The Morgan fingerprint density at radius 1 is 1.29 bits per heavy atom. The van der Waals surface area contributed by atoms with Crippen molar-refractivity contribution in [2.75, 3.05) is 12.0 Å². The molecular formula is C15H18N4O2. The molecule has 0 fully saturated rings. The van der Waals surface area contributed by atoms with Crippen LogP contribution < -0.4 is 20.7 Å². The Morgan fingerprint density at radius 2 is 2.05 bits per heavy atom. The van der Waals surface area contributed by atoms with Crippen molar-refractivity contribution in [3.8, 4) is 11.5 Å². The molecule has 0 saturated heterocycles. The van der Waals surface area contributed by atoms with Crippen molar-refractivity contribution in [1.29, 1.82) is 0 Å². The zero-order valence-corrected chi connectivity index (χ0v) is 12.1. The van der Waals surface area contributed by atoms with Crippen molar-refractivity contribution < 1.29 is 9.47 Å². The van der Waals surface area contributed by atoms with E-state index < -0.39 is 0 Å². The molecule has 1 aliphatic heterocycles. The van der Waals surface area contributed by atoms with Gasteiger partial charge in [-0.2, -0.15) is 0 Å². The number of rotatable bonds is 3. The number of fused-ring (bicyclic) bond motifs is 1. The van der Waals surface area contributed by atoms with E-state index in [0.29, 0.717) is 24.0 Å². The Kier molecular flexibility index (Phi) is 3.62. The van der Waals surface area contributed by atoms with Gasteiger partial charge in [0, 0.05) is 11.3 Å². The van der Waals surface area contributed by atoms with Gasteiger partial charge in [0.25, 0.3) is 0 Å². The van der Waals surface area contributed by atoms with Crippen molar-refractivity contribution in [1.82, 2.24) is 9.97 Å². The minimum absolute atomic E-state index is 0.335. The van der Waals surface area contributed by atoms with Crippen LogP contribution in [0.2, 0.25) is 0 Å². The molecule has 3 rings (SSSR count). The first kappa shape index (κ1) is 13.6. The summed E-state index contributed by atoms with van der Waals surface area (Å²) in [6.07, 6.45) is 0.470. The number of hydrogen-bond donors (Lipinski definition) is 2. The minimum atomic E-state index is -0.335. The predicted molar refractivity (Wildman–Crippen MR) is 79.3 cm³/mol. The largest absolute Gasteiger partial charge is 0.485 e. The molecule has 110 valence electrons. The maximum Gasteiger partial charge on any atom is 0.192 e. The number of hydrogen-bond acceptors (Lipinski definition) is 6. The third-order valence-electron chi connectivity index (χ3n) is 3.53. The quantitative estimate of drug-likeness (QED) is 0.664. The zero-order valence-electron chi connectivity index (χ0n) is 12.1. The third-order valence-corrected chi connectivity index (χ3v) is 3.53. The number of aromatic nitrogens is 2. The van der Waals surface area contributed by atoms with E-state index in [-0.39, 0.29) is 6.10 Å². The van der Waals surface area contributed by atoms with Gasteiger partial charge in [0.05, 0.1) is 0 Å². The summed E-state index contributed by atoms with van der Waals surface area (Å²) in [7, 11) is 0. The van der Waals surface area contributed by atoms with Gasteiger partial charge in [-0.3, -0.25) is 0 Å². The second-order valence-electron chi connectivity index (χ2n) is 4.86. The standard InChI is InChI=1S/C15H18N4O2/c1-3-10-9(2)14(19-16)18-15(17-10)13-8-20-11-6-4-5-7-12(11)21-13/h4-7,13H,3,8,16H2,1-2H3,(H,17,18,19). The number of hydrazine groups is 1. The number of nitrogens with two attached hydrogens (primary N) is 1. The summed E-state index contributed by atoms with van der Waals surface area (Å²) < 4.78 is 11.6. The van der Waals surface area contributed by atoms with Crippen molar-refractivity contribution in [3.05, 3.63) is 41.3 Å². The molecule has 3 N–H and O–H groups in total. The molecule has 0 aliphatic carbocycles. The van der Waals surface area contributed by atoms with Gasteiger partial charge in [-0.25, -0.2) is 15.8 Å². The molecule has 2 heterocycles. The highest BCUT2D eigenvalue weighted by atomic mass is 16.6. The molecule has 1 aliphatic rings. The number of nitrogens with one attached hydrogen (secondary N) is 1. The Balaban J connectivity index is 1.95. The van der Waals surface area contributed by atoms with Gasteiger partial charge < -0.3 is 14.9 Å². The summed E-state index contributed by atoms with van der Waals surface area (Å²) in [5.74, 6) is 8.20. The SMILES string of the molecule is CCc1nc(C2COc3ccccc3O2)nc(NN)c1C. The van der Waals surface area contributed by atoms with Crippen LogP contribution in [0, 0.1) is 6.92 Å². The summed E-state index contributed by atoms with van der Waals surface area (Å²) in [5, 5.41) is 0. The molecule has 1 unspecified atom stereocenters. The first-order valence-electron chi connectivity index (χ1n) is 6.95. The average Bonchev–Trinajstić information content (AvgIpc) is 2.54. The highest BCUT2D eigenvalue weighted by Gasteiger charge is 2.26. The number of ether oxygens (including phenoxy) is 2. The first-order valence-corrected chi connectivity index (χ1v) is 6.95. The molecule has 1 atom stereocenters. The molecule has 21 heavy (non-hydrogen) atoms. The number of para-hydroxylation sites is 2. The fraction of sp³-hybridized carbons (Fsp3) is 0.333. The summed E-state index contributed by atoms with van der Waals surface area (Å²) >= 11 is 0.